The zero-order valence-electron chi connectivity index (χ0n) is 23.9. The van der Waals surface area contributed by atoms with Crippen LogP contribution in [-0.4, -0.2) is 45.4 Å². The Morgan fingerprint density at radius 2 is 1.86 bits per heavy atom. The summed E-state index contributed by atoms with van der Waals surface area (Å²) in [6, 6.07) is 14.2. The predicted octanol–water partition coefficient (Wildman–Crippen LogP) is 5.07. The Labute approximate surface area is 265 Å². The number of carbonyl (C=O) groups excluding carboxylic acids is 2. The fourth-order valence-corrected chi connectivity index (χ4v) is 6.09. The molecule has 222 valence electrons. The first-order valence-electron chi connectivity index (χ1n) is 13.5. The number of thiophene rings is 1. The number of fused-ring (bicyclic) bond motifs is 3. The van der Waals surface area contributed by atoms with Gasteiger partial charge in [-0.2, -0.15) is 0 Å². The van der Waals surface area contributed by atoms with Crippen molar-refractivity contribution < 1.29 is 9.59 Å². The average molecular weight is 637 g/mol. The quantitative estimate of drug-likeness (QED) is 0.244. The number of hydrogen-bond donors (Lipinski definition) is 3. The van der Waals surface area contributed by atoms with Crippen LogP contribution in [-0.2, 0) is 9.59 Å². The van der Waals surface area contributed by atoms with Crippen LogP contribution in [0.3, 0.4) is 0 Å². The number of aryl methyl sites for hydroxylation is 2. The van der Waals surface area contributed by atoms with E-state index in [1.807, 2.05) is 47.9 Å². The Balaban J connectivity index is 0.00000423. The van der Waals surface area contributed by atoms with Gasteiger partial charge in [-0.15, -0.1) is 33.9 Å². The number of aromatic nitrogens is 3. The molecule has 1 atom stereocenters. The van der Waals surface area contributed by atoms with E-state index in [2.05, 4.69) is 46.5 Å². The number of aliphatic imine (C=N–C) groups is 1. The lowest BCUT2D eigenvalue weighted by atomic mass is 9.99. The highest BCUT2D eigenvalue weighted by molar-refractivity contribution is 7.15. The van der Waals surface area contributed by atoms with E-state index in [0.29, 0.717) is 16.5 Å². The molecule has 4 N–H and O–H groups in total. The number of nitrogens with one attached hydrogen (secondary N) is 2. The summed E-state index contributed by atoms with van der Waals surface area (Å²) in [6.07, 6.45) is 0.158. The fourth-order valence-electron chi connectivity index (χ4n) is 4.75. The number of hydrogen-bond acceptors (Lipinski definition) is 7. The lowest BCUT2D eigenvalue weighted by molar-refractivity contribution is -0.121. The number of rotatable bonds is 7. The molecule has 2 aromatic heterocycles. The molecule has 3 heterocycles. The Bertz CT molecular complexity index is 1750. The lowest BCUT2D eigenvalue weighted by Crippen LogP contribution is -2.29. The van der Waals surface area contributed by atoms with E-state index in [1.165, 1.54) is 4.88 Å². The number of nitrogens with zero attached hydrogens (tertiary/aromatic N) is 4. The standard InChI is InChI=1S/C31H30ClN7O2S.ClH/c1-18-19(2)42-31-28(18)29(22-9-11-23(32)12-10-22)36-25(30-38-37-20(3)39(30)31)17-27(41)34-15-13-26(40)35-24-8-4-6-21(16-24)7-5-14-33;/h4,6,8-12,16,25H,13-15,17,33H2,1-3H3,(H,34,41)(H,35,40);1H. The van der Waals surface area contributed by atoms with Crippen LogP contribution >= 0.6 is 35.3 Å². The summed E-state index contributed by atoms with van der Waals surface area (Å²) in [7, 11) is 0. The first kappa shape index (κ1) is 31.9. The molecule has 0 radical (unpaired) electrons. The van der Waals surface area contributed by atoms with Crippen molar-refractivity contribution in [2.75, 3.05) is 18.4 Å². The third-order valence-corrected chi connectivity index (χ3v) is 8.34. The van der Waals surface area contributed by atoms with Crippen LogP contribution in [0.1, 0.15) is 57.7 Å². The van der Waals surface area contributed by atoms with E-state index in [4.69, 9.17) is 22.3 Å². The molecule has 0 fully saturated rings. The third kappa shape index (κ3) is 7.14. The van der Waals surface area contributed by atoms with Gasteiger partial charge in [-0.3, -0.25) is 19.1 Å². The summed E-state index contributed by atoms with van der Waals surface area (Å²) >= 11 is 7.84. The van der Waals surface area contributed by atoms with Crippen molar-refractivity contribution in [1.82, 2.24) is 20.1 Å². The number of halogens is 2. The minimum absolute atomic E-state index is 0. The molecule has 0 spiro atoms. The van der Waals surface area contributed by atoms with Gasteiger partial charge in [0.15, 0.2) is 5.82 Å². The number of benzene rings is 2. The lowest BCUT2D eigenvalue weighted by Gasteiger charge is -2.13. The Hall–Kier alpha value is -4.01. The summed E-state index contributed by atoms with van der Waals surface area (Å²) in [5.41, 5.74) is 10.6. The van der Waals surface area contributed by atoms with Crippen molar-refractivity contribution in [1.29, 1.82) is 0 Å². The Morgan fingerprint density at radius 1 is 1.09 bits per heavy atom. The van der Waals surface area contributed by atoms with Crippen molar-refractivity contribution in [2.24, 2.45) is 10.7 Å². The molecule has 1 unspecified atom stereocenters. The van der Waals surface area contributed by atoms with Gasteiger partial charge in [0.05, 0.1) is 18.7 Å². The third-order valence-electron chi connectivity index (χ3n) is 6.89. The van der Waals surface area contributed by atoms with Gasteiger partial charge in [0, 0.05) is 45.2 Å². The number of nitrogens with two attached hydrogens (primary N) is 1. The van der Waals surface area contributed by atoms with Crippen LogP contribution in [0, 0.1) is 32.6 Å². The molecule has 1 aliphatic rings. The molecule has 12 heteroatoms. The first-order valence-corrected chi connectivity index (χ1v) is 14.7. The SMILES string of the molecule is Cc1sc2c(c1C)C(c1ccc(Cl)cc1)=NC(CC(=O)NCCC(=O)Nc1cccc(C#CCN)c1)c1nnc(C)n1-2.Cl. The monoisotopic (exact) mass is 635 g/mol. The highest BCUT2D eigenvalue weighted by Crippen LogP contribution is 2.39. The van der Waals surface area contributed by atoms with Crippen molar-refractivity contribution in [3.8, 4) is 16.8 Å². The molecule has 0 saturated heterocycles. The van der Waals surface area contributed by atoms with Gasteiger partial charge in [0.25, 0.3) is 0 Å². The molecule has 0 aliphatic carbocycles. The van der Waals surface area contributed by atoms with Gasteiger partial charge < -0.3 is 16.4 Å². The molecular formula is C31H31Cl2N7O2S. The van der Waals surface area contributed by atoms with Crippen molar-refractivity contribution >= 4 is 58.6 Å². The van der Waals surface area contributed by atoms with Crippen LogP contribution in [0.4, 0.5) is 5.69 Å². The number of carbonyl (C=O) groups is 2. The zero-order chi connectivity index (χ0) is 29.8. The first-order chi connectivity index (χ1) is 20.2. The van der Waals surface area contributed by atoms with Gasteiger partial charge in [-0.25, -0.2) is 0 Å². The van der Waals surface area contributed by atoms with E-state index in [1.54, 1.807) is 23.5 Å². The van der Waals surface area contributed by atoms with Crippen molar-refractivity contribution in [3.05, 3.63) is 92.3 Å². The average Bonchev–Trinajstić information content (AvgIpc) is 3.44. The maximum atomic E-state index is 13.1. The fraction of sp³-hybridized carbons (Fsp3) is 0.258. The van der Waals surface area contributed by atoms with Crippen LogP contribution in [0.2, 0.25) is 5.02 Å². The van der Waals surface area contributed by atoms with E-state index < -0.39 is 6.04 Å². The van der Waals surface area contributed by atoms with Gasteiger partial charge >= 0.3 is 0 Å². The highest BCUT2D eigenvalue weighted by Gasteiger charge is 2.32. The largest absolute Gasteiger partial charge is 0.356 e. The maximum absolute atomic E-state index is 13.1. The normalized spacial score (nSPS) is 13.3. The van der Waals surface area contributed by atoms with Gasteiger partial charge in [-0.1, -0.05) is 41.6 Å². The molecule has 0 bridgehead atoms. The van der Waals surface area contributed by atoms with E-state index in [0.717, 1.165) is 38.8 Å². The van der Waals surface area contributed by atoms with Crippen molar-refractivity contribution in [3.63, 3.8) is 0 Å². The highest BCUT2D eigenvalue weighted by atomic mass is 35.5. The molecule has 2 amide bonds. The molecule has 4 aromatic rings. The summed E-state index contributed by atoms with van der Waals surface area (Å²) in [6.45, 7) is 6.50. The number of anilines is 1. The van der Waals surface area contributed by atoms with Gasteiger partial charge in [0.1, 0.15) is 16.9 Å². The van der Waals surface area contributed by atoms with Gasteiger partial charge in [0.2, 0.25) is 11.8 Å². The molecule has 1 aliphatic heterocycles. The second kappa shape index (κ2) is 14.0. The van der Waals surface area contributed by atoms with Crippen LogP contribution < -0.4 is 16.4 Å². The van der Waals surface area contributed by atoms with E-state index in [-0.39, 0.29) is 50.2 Å². The maximum Gasteiger partial charge on any atom is 0.226 e. The molecule has 43 heavy (non-hydrogen) atoms. The minimum Gasteiger partial charge on any atom is -0.356 e. The van der Waals surface area contributed by atoms with Crippen LogP contribution in [0.5, 0.6) is 0 Å². The predicted molar refractivity (Wildman–Crippen MR) is 174 cm³/mol. The van der Waals surface area contributed by atoms with Crippen LogP contribution in [0.15, 0.2) is 53.5 Å². The summed E-state index contributed by atoms with van der Waals surface area (Å²) in [4.78, 5) is 31.9. The number of amides is 2. The Kier molecular flexibility index (Phi) is 10.4. The molecule has 0 saturated carbocycles. The zero-order valence-corrected chi connectivity index (χ0v) is 26.3. The summed E-state index contributed by atoms with van der Waals surface area (Å²) in [5.74, 6) is 6.60. The Morgan fingerprint density at radius 3 is 2.60 bits per heavy atom. The molecular weight excluding hydrogens is 605 g/mol. The summed E-state index contributed by atoms with van der Waals surface area (Å²) < 4.78 is 2.00. The van der Waals surface area contributed by atoms with E-state index >= 15 is 0 Å². The van der Waals surface area contributed by atoms with Gasteiger partial charge in [-0.05, 0) is 56.7 Å². The van der Waals surface area contributed by atoms with Crippen molar-refractivity contribution in [2.45, 2.75) is 39.7 Å². The molecule has 5 rings (SSSR count). The molecule has 2 aromatic carbocycles. The smallest absolute Gasteiger partial charge is 0.226 e. The second-order valence-electron chi connectivity index (χ2n) is 9.84. The van der Waals surface area contributed by atoms with E-state index in [9.17, 15) is 9.59 Å². The van der Waals surface area contributed by atoms with Crippen LogP contribution in [0.25, 0.3) is 5.00 Å². The second-order valence-corrected chi connectivity index (χ2v) is 11.5. The summed E-state index contributed by atoms with van der Waals surface area (Å²) in [5, 5.41) is 16.1. The topological polar surface area (TPSA) is 127 Å². The molecule has 9 nitrogen and oxygen atoms in total. The minimum atomic E-state index is -0.581.